The number of carbonyl (C=O) groups excluding carboxylic acids is 2. The lowest BCUT2D eigenvalue weighted by atomic mass is 10.2. The van der Waals surface area contributed by atoms with E-state index < -0.39 is 11.9 Å². The van der Waals surface area contributed by atoms with Crippen LogP contribution in [0.25, 0.3) is 11.6 Å². The summed E-state index contributed by atoms with van der Waals surface area (Å²) >= 11 is 0. The van der Waals surface area contributed by atoms with Gasteiger partial charge in [0.25, 0.3) is 0 Å². The van der Waals surface area contributed by atoms with Crippen molar-refractivity contribution in [1.82, 2.24) is 9.97 Å². The van der Waals surface area contributed by atoms with E-state index in [1.54, 1.807) is 26.0 Å². The number of furan rings is 1. The molecule has 0 aliphatic carbocycles. The number of esters is 2. The van der Waals surface area contributed by atoms with E-state index in [4.69, 9.17) is 13.9 Å². The normalized spacial score (nSPS) is 10.2. The number of hydrogen-bond acceptors (Lipinski definition) is 7. The van der Waals surface area contributed by atoms with Crippen molar-refractivity contribution in [2.45, 2.75) is 13.8 Å². The lowest BCUT2D eigenvalue weighted by molar-refractivity contribution is 0.0472. The summed E-state index contributed by atoms with van der Waals surface area (Å²) < 4.78 is 14.9. The van der Waals surface area contributed by atoms with Crippen LogP contribution in [0.15, 0.2) is 29.0 Å². The Morgan fingerprint density at radius 3 is 2.52 bits per heavy atom. The standard InChI is InChI=1S/C14H14N2O5/c1-3-19-13(17)9-8-15-12(10-6-5-7-21-10)16-11(9)14(18)20-4-2/h5-8H,3-4H2,1-2H3. The molecule has 7 nitrogen and oxygen atoms in total. The molecule has 0 aliphatic heterocycles. The zero-order valence-corrected chi connectivity index (χ0v) is 11.7. The van der Waals surface area contributed by atoms with E-state index in [1.807, 2.05) is 0 Å². The van der Waals surface area contributed by atoms with Gasteiger partial charge in [-0.15, -0.1) is 0 Å². The smallest absolute Gasteiger partial charge is 0.357 e. The molecule has 2 heterocycles. The molecule has 0 bridgehead atoms. The first-order chi connectivity index (χ1) is 10.2. The van der Waals surface area contributed by atoms with Gasteiger partial charge < -0.3 is 13.9 Å². The molecule has 0 saturated carbocycles. The second-order valence-corrected chi connectivity index (χ2v) is 3.87. The van der Waals surface area contributed by atoms with Gasteiger partial charge in [-0.2, -0.15) is 0 Å². The Morgan fingerprint density at radius 1 is 1.19 bits per heavy atom. The van der Waals surface area contributed by atoms with Crippen molar-refractivity contribution in [3.63, 3.8) is 0 Å². The van der Waals surface area contributed by atoms with Crippen molar-refractivity contribution in [3.8, 4) is 11.6 Å². The monoisotopic (exact) mass is 290 g/mol. The van der Waals surface area contributed by atoms with Gasteiger partial charge in [0.2, 0.25) is 0 Å². The Hall–Kier alpha value is -2.70. The molecular formula is C14H14N2O5. The predicted octanol–water partition coefficient (Wildman–Crippen LogP) is 2.09. The molecule has 0 N–H and O–H groups in total. The number of nitrogens with zero attached hydrogens (tertiary/aromatic N) is 2. The lowest BCUT2D eigenvalue weighted by Crippen LogP contribution is -2.17. The molecule has 0 aromatic carbocycles. The third-order valence-electron chi connectivity index (χ3n) is 2.49. The van der Waals surface area contributed by atoms with Crippen LogP contribution < -0.4 is 0 Å². The third kappa shape index (κ3) is 3.25. The summed E-state index contributed by atoms with van der Waals surface area (Å²) in [6, 6.07) is 3.32. The van der Waals surface area contributed by atoms with Crippen LogP contribution in [0.2, 0.25) is 0 Å². The van der Waals surface area contributed by atoms with Crippen LogP contribution in [0.5, 0.6) is 0 Å². The van der Waals surface area contributed by atoms with Crippen molar-refractivity contribution >= 4 is 11.9 Å². The van der Waals surface area contributed by atoms with Gasteiger partial charge in [0.1, 0.15) is 5.56 Å². The molecule has 2 aromatic rings. The van der Waals surface area contributed by atoms with Gasteiger partial charge in [-0.05, 0) is 26.0 Å². The van der Waals surface area contributed by atoms with Crippen molar-refractivity contribution < 1.29 is 23.5 Å². The van der Waals surface area contributed by atoms with Crippen molar-refractivity contribution in [2.75, 3.05) is 13.2 Å². The first-order valence-corrected chi connectivity index (χ1v) is 6.42. The van der Waals surface area contributed by atoms with E-state index in [0.29, 0.717) is 5.76 Å². The molecule has 2 aromatic heterocycles. The lowest BCUT2D eigenvalue weighted by Gasteiger charge is -2.08. The highest BCUT2D eigenvalue weighted by atomic mass is 16.5. The summed E-state index contributed by atoms with van der Waals surface area (Å²) in [5.74, 6) is -0.811. The van der Waals surface area contributed by atoms with Gasteiger partial charge in [0.15, 0.2) is 17.3 Å². The quantitative estimate of drug-likeness (QED) is 0.778. The minimum Gasteiger partial charge on any atom is -0.462 e. The first-order valence-electron chi connectivity index (χ1n) is 6.42. The molecule has 0 saturated heterocycles. The van der Waals surface area contributed by atoms with Crippen molar-refractivity contribution in [2.24, 2.45) is 0 Å². The second kappa shape index (κ2) is 6.65. The van der Waals surface area contributed by atoms with Gasteiger partial charge in [0, 0.05) is 6.20 Å². The molecular weight excluding hydrogens is 276 g/mol. The Morgan fingerprint density at radius 2 is 1.90 bits per heavy atom. The molecule has 0 fully saturated rings. The topological polar surface area (TPSA) is 91.5 Å². The van der Waals surface area contributed by atoms with E-state index in [1.165, 1.54) is 12.5 Å². The molecule has 0 atom stereocenters. The van der Waals surface area contributed by atoms with Gasteiger partial charge >= 0.3 is 11.9 Å². The van der Waals surface area contributed by atoms with E-state index in [9.17, 15) is 9.59 Å². The minimum absolute atomic E-state index is 0.0365. The third-order valence-corrected chi connectivity index (χ3v) is 2.49. The molecule has 0 aliphatic rings. The fourth-order valence-corrected chi connectivity index (χ4v) is 1.62. The molecule has 110 valence electrons. The highest BCUT2D eigenvalue weighted by Gasteiger charge is 2.23. The zero-order chi connectivity index (χ0) is 15.2. The van der Waals surface area contributed by atoms with Crippen LogP contribution in [0.3, 0.4) is 0 Å². The van der Waals surface area contributed by atoms with E-state index in [2.05, 4.69) is 9.97 Å². The van der Waals surface area contributed by atoms with Crippen LogP contribution in [0, 0.1) is 0 Å². The highest BCUT2D eigenvalue weighted by Crippen LogP contribution is 2.18. The van der Waals surface area contributed by atoms with Crippen LogP contribution in [0.4, 0.5) is 0 Å². The first kappa shape index (κ1) is 14.7. The number of aromatic nitrogens is 2. The molecule has 0 unspecified atom stereocenters. The number of hydrogen-bond donors (Lipinski definition) is 0. The van der Waals surface area contributed by atoms with Gasteiger partial charge in [0.05, 0.1) is 19.5 Å². The Kier molecular flexibility index (Phi) is 4.65. The van der Waals surface area contributed by atoms with Crippen LogP contribution in [0.1, 0.15) is 34.7 Å². The summed E-state index contributed by atoms with van der Waals surface area (Å²) in [5, 5.41) is 0. The molecule has 0 spiro atoms. The average molecular weight is 290 g/mol. The van der Waals surface area contributed by atoms with E-state index in [0.717, 1.165) is 0 Å². The summed E-state index contributed by atoms with van der Waals surface area (Å²) in [4.78, 5) is 31.9. The summed E-state index contributed by atoms with van der Waals surface area (Å²) in [7, 11) is 0. The molecule has 7 heteroatoms. The van der Waals surface area contributed by atoms with Gasteiger partial charge in [-0.1, -0.05) is 0 Å². The highest BCUT2D eigenvalue weighted by molar-refractivity contribution is 6.01. The maximum atomic E-state index is 11.9. The minimum atomic E-state index is -0.712. The number of rotatable bonds is 5. The Labute approximate surface area is 120 Å². The largest absolute Gasteiger partial charge is 0.462 e. The van der Waals surface area contributed by atoms with Crippen molar-refractivity contribution in [1.29, 1.82) is 0 Å². The van der Waals surface area contributed by atoms with Crippen LogP contribution in [-0.4, -0.2) is 35.1 Å². The molecule has 2 rings (SSSR count). The summed E-state index contributed by atoms with van der Waals surface area (Å²) in [6.07, 6.45) is 2.69. The van der Waals surface area contributed by atoms with E-state index >= 15 is 0 Å². The SMILES string of the molecule is CCOC(=O)c1cnc(-c2ccco2)nc1C(=O)OCC. The molecule has 0 radical (unpaired) electrons. The van der Waals surface area contributed by atoms with E-state index in [-0.39, 0.29) is 30.3 Å². The second-order valence-electron chi connectivity index (χ2n) is 3.87. The summed E-state index contributed by atoms with van der Waals surface area (Å²) in [5.41, 5.74) is -0.178. The van der Waals surface area contributed by atoms with Crippen LogP contribution in [-0.2, 0) is 9.47 Å². The molecule has 21 heavy (non-hydrogen) atoms. The van der Waals surface area contributed by atoms with Crippen molar-refractivity contribution in [3.05, 3.63) is 35.9 Å². The Balaban J connectivity index is 2.46. The molecule has 0 amide bonds. The fraction of sp³-hybridized carbons (Fsp3) is 0.286. The number of carbonyl (C=O) groups is 2. The summed E-state index contributed by atoms with van der Waals surface area (Å²) in [6.45, 7) is 3.68. The maximum absolute atomic E-state index is 11.9. The zero-order valence-electron chi connectivity index (χ0n) is 11.7. The Bertz CT molecular complexity index is 637. The van der Waals surface area contributed by atoms with Gasteiger partial charge in [-0.3, -0.25) is 0 Å². The maximum Gasteiger partial charge on any atom is 0.357 e. The van der Waals surface area contributed by atoms with Crippen LogP contribution >= 0.6 is 0 Å². The average Bonchev–Trinajstić information content (AvgIpc) is 3.01. The predicted molar refractivity (Wildman–Crippen MR) is 71.6 cm³/mol. The van der Waals surface area contributed by atoms with Gasteiger partial charge in [-0.25, -0.2) is 19.6 Å². The fourth-order valence-electron chi connectivity index (χ4n) is 1.62. The number of ether oxygens (including phenoxy) is 2.